The van der Waals surface area contributed by atoms with Gasteiger partial charge in [0.25, 0.3) is 15.9 Å². The number of nitrogens with one attached hydrogen (secondary N) is 1. The Bertz CT molecular complexity index is 1850. The molecule has 0 bridgehead atoms. The van der Waals surface area contributed by atoms with Crippen LogP contribution in [0.4, 0.5) is 5.82 Å². The quantitative estimate of drug-likeness (QED) is 0.193. The van der Waals surface area contributed by atoms with Crippen molar-refractivity contribution in [3.63, 3.8) is 0 Å². The van der Waals surface area contributed by atoms with Crippen LogP contribution in [0.3, 0.4) is 0 Å². The summed E-state index contributed by atoms with van der Waals surface area (Å²) < 4.78 is 35.6. The van der Waals surface area contributed by atoms with Gasteiger partial charge in [0.1, 0.15) is 17.1 Å². The van der Waals surface area contributed by atoms with Crippen molar-refractivity contribution in [3.05, 3.63) is 64.9 Å². The van der Waals surface area contributed by atoms with E-state index in [4.69, 9.17) is 9.52 Å². The molecule has 2 fully saturated rings. The van der Waals surface area contributed by atoms with Gasteiger partial charge in [-0.1, -0.05) is 87.0 Å². The van der Waals surface area contributed by atoms with Crippen LogP contribution in [0.15, 0.2) is 56.9 Å². The normalized spacial score (nSPS) is 17.8. The van der Waals surface area contributed by atoms with Crippen molar-refractivity contribution in [2.75, 3.05) is 11.8 Å². The van der Waals surface area contributed by atoms with E-state index in [1.165, 1.54) is 19.3 Å². The summed E-state index contributed by atoms with van der Waals surface area (Å²) in [5.74, 6) is 2.12. The molecule has 0 unspecified atom stereocenters. The predicted molar refractivity (Wildman–Crippen MR) is 195 cm³/mol. The second-order valence-electron chi connectivity index (χ2n) is 14.5. The fourth-order valence-electron chi connectivity index (χ4n) is 7.78. The number of nitrogens with zero attached hydrogens (tertiary/aromatic N) is 4. The Morgan fingerprint density at radius 2 is 1.78 bits per heavy atom. The summed E-state index contributed by atoms with van der Waals surface area (Å²) in [6.45, 7) is 6.31. The van der Waals surface area contributed by atoms with Crippen LogP contribution >= 0.6 is 0 Å². The Balaban J connectivity index is 1.35. The average Bonchev–Trinajstić information content (AvgIpc) is 3.78. The maximum Gasteiger partial charge on any atom is 0.263 e. The van der Waals surface area contributed by atoms with Crippen molar-refractivity contribution in [2.45, 2.75) is 128 Å². The highest BCUT2D eigenvalue weighted by Gasteiger charge is 2.49. The molecule has 1 aromatic heterocycles. The van der Waals surface area contributed by atoms with E-state index in [-0.39, 0.29) is 22.5 Å². The molecule has 11 heteroatoms. The lowest BCUT2D eigenvalue weighted by atomic mass is 9.86. The van der Waals surface area contributed by atoms with Crippen LogP contribution in [0.2, 0.25) is 0 Å². The number of benzene rings is 2. The van der Waals surface area contributed by atoms with E-state index in [1.54, 1.807) is 36.9 Å². The fraction of sp³-hybridized carbons (Fsp3) is 0.538. The molecule has 2 aromatic carbocycles. The summed E-state index contributed by atoms with van der Waals surface area (Å²) in [6.07, 6.45) is 12.6. The molecule has 50 heavy (non-hydrogen) atoms. The van der Waals surface area contributed by atoms with Gasteiger partial charge in [0, 0.05) is 37.6 Å². The van der Waals surface area contributed by atoms with Gasteiger partial charge >= 0.3 is 0 Å². The zero-order valence-electron chi connectivity index (χ0n) is 30.0. The van der Waals surface area contributed by atoms with Crippen molar-refractivity contribution in [1.82, 2.24) is 15.0 Å². The van der Waals surface area contributed by atoms with Crippen molar-refractivity contribution < 1.29 is 22.5 Å². The highest BCUT2D eigenvalue weighted by molar-refractivity contribution is 7.92. The number of amides is 2. The van der Waals surface area contributed by atoms with Crippen molar-refractivity contribution in [3.8, 4) is 11.1 Å². The minimum Gasteiger partial charge on any atom is -0.359 e. The smallest absolute Gasteiger partial charge is 0.263 e. The van der Waals surface area contributed by atoms with E-state index in [0.717, 1.165) is 74.7 Å². The molecule has 0 atom stereocenters. The van der Waals surface area contributed by atoms with E-state index >= 15 is 0 Å². The average molecular weight is 702 g/mol. The first kappa shape index (κ1) is 35.8. The third kappa shape index (κ3) is 7.53. The zero-order valence-corrected chi connectivity index (χ0v) is 30.8. The first-order chi connectivity index (χ1) is 24.0. The SMILES string of the molecule is CCCCC1=NC2(CCCC2)C(=O)N1Cc1ccc(-c2ccccc2S(=O)(=O)Nc2noc(C)c2C)c(CN(C)C(=O)CC2CCCCC2)c1. The van der Waals surface area contributed by atoms with Crippen LogP contribution < -0.4 is 4.72 Å². The number of amidine groups is 1. The van der Waals surface area contributed by atoms with Gasteiger partial charge in [0.2, 0.25) is 5.91 Å². The number of aryl methyl sites for hydroxylation is 1. The maximum absolute atomic E-state index is 13.9. The van der Waals surface area contributed by atoms with Gasteiger partial charge in [-0.25, -0.2) is 8.42 Å². The standard InChI is InChI=1S/C39H51N5O5S/c1-5-6-18-35-40-39(21-12-13-22-39)38(46)44(35)25-30-19-20-32(31(23-30)26-43(4)36(45)24-29-14-8-7-9-15-29)33-16-10-11-17-34(33)50(47,48)42-37-27(2)28(3)49-41-37/h10-11,16-17,19-20,23,29H,5-9,12-15,18,21-22,24-26H2,1-4H3,(H,41,42). The van der Waals surface area contributed by atoms with Gasteiger partial charge < -0.3 is 9.42 Å². The summed E-state index contributed by atoms with van der Waals surface area (Å²) in [5.41, 5.74) is 2.94. The fourth-order valence-corrected chi connectivity index (χ4v) is 9.06. The molecule has 1 spiro atoms. The van der Waals surface area contributed by atoms with Crippen LogP contribution in [0, 0.1) is 19.8 Å². The summed E-state index contributed by atoms with van der Waals surface area (Å²) >= 11 is 0. The number of carbonyl (C=O) groups is 2. The zero-order chi connectivity index (χ0) is 35.5. The molecule has 0 saturated heterocycles. The molecule has 2 aliphatic carbocycles. The minimum absolute atomic E-state index is 0.0829. The molecule has 2 saturated carbocycles. The Hall–Kier alpha value is -3.99. The monoisotopic (exact) mass is 701 g/mol. The van der Waals surface area contributed by atoms with E-state index in [0.29, 0.717) is 47.9 Å². The number of aromatic nitrogens is 1. The summed E-state index contributed by atoms with van der Waals surface area (Å²) in [6, 6.07) is 12.8. The third-order valence-electron chi connectivity index (χ3n) is 10.9. The molecular weight excluding hydrogens is 651 g/mol. The van der Waals surface area contributed by atoms with Crippen LogP contribution in [0.5, 0.6) is 0 Å². The van der Waals surface area contributed by atoms with Crippen molar-refractivity contribution in [2.24, 2.45) is 10.9 Å². The second kappa shape index (κ2) is 15.1. The highest BCUT2D eigenvalue weighted by atomic mass is 32.2. The first-order valence-electron chi connectivity index (χ1n) is 18.3. The first-order valence-corrected chi connectivity index (χ1v) is 19.8. The molecule has 0 radical (unpaired) electrons. The van der Waals surface area contributed by atoms with Gasteiger partial charge in [-0.05, 0) is 74.6 Å². The molecule has 3 aromatic rings. The second-order valence-corrected chi connectivity index (χ2v) is 16.2. The number of carbonyl (C=O) groups excluding carboxylic acids is 2. The van der Waals surface area contributed by atoms with Crippen LogP contribution in [0.25, 0.3) is 11.1 Å². The van der Waals surface area contributed by atoms with E-state index in [1.807, 2.05) is 36.2 Å². The Morgan fingerprint density at radius 3 is 2.48 bits per heavy atom. The molecule has 3 aliphatic rings. The summed E-state index contributed by atoms with van der Waals surface area (Å²) in [4.78, 5) is 36.3. The number of anilines is 1. The van der Waals surface area contributed by atoms with E-state index < -0.39 is 15.6 Å². The molecule has 2 amide bonds. The van der Waals surface area contributed by atoms with Crippen LogP contribution in [-0.2, 0) is 32.7 Å². The molecule has 1 N–H and O–H groups in total. The number of rotatable bonds is 13. The minimum atomic E-state index is -4.07. The van der Waals surface area contributed by atoms with Crippen LogP contribution in [0.1, 0.15) is 113 Å². The number of hydrogen-bond acceptors (Lipinski definition) is 7. The lowest BCUT2D eigenvalue weighted by Crippen LogP contribution is -2.40. The molecule has 1 aliphatic heterocycles. The number of hydrogen-bond donors (Lipinski definition) is 1. The molecular formula is C39H51N5O5S. The molecule has 10 nitrogen and oxygen atoms in total. The topological polar surface area (TPSA) is 125 Å². The summed E-state index contributed by atoms with van der Waals surface area (Å²) in [7, 11) is -2.24. The Labute approximate surface area is 296 Å². The van der Waals surface area contributed by atoms with Gasteiger partial charge in [-0.2, -0.15) is 0 Å². The van der Waals surface area contributed by atoms with Gasteiger partial charge in [0.05, 0.1) is 11.4 Å². The maximum atomic E-state index is 13.9. The molecule has 6 rings (SSSR count). The summed E-state index contributed by atoms with van der Waals surface area (Å²) in [5, 5.41) is 3.92. The Morgan fingerprint density at radius 1 is 1.04 bits per heavy atom. The lowest BCUT2D eigenvalue weighted by Gasteiger charge is -2.26. The Kier molecular flexibility index (Phi) is 10.8. The van der Waals surface area contributed by atoms with Gasteiger partial charge in [-0.3, -0.25) is 24.2 Å². The van der Waals surface area contributed by atoms with Gasteiger partial charge in [0.15, 0.2) is 5.82 Å². The molecule has 268 valence electrons. The van der Waals surface area contributed by atoms with E-state index in [2.05, 4.69) is 16.8 Å². The van der Waals surface area contributed by atoms with Crippen molar-refractivity contribution in [1.29, 1.82) is 0 Å². The van der Waals surface area contributed by atoms with E-state index in [9.17, 15) is 18.0 Å². The number of sulfonamides is 1. The predicted octanol–water partition coefficient (Wildman–Crippen LogP) is 7.93. The van der Waals surface area contributed by atoms with Crippen molar-refractivity contribution >= 4 is 33.5 Å². The highest BCUT2D eigenvalue weighted by Crippen LogP contribution is 2.41. The third-order valence-corrected chi connectivity index (χ3v) is 12.3. The largest absolute Gasteiger partial charge is 0.359 e. The van der Waals surface area contributed by atoms with Crippen LogP contribution in [-0.4, -0.2) is 53.6 Å². The molecule has 2 heterocycles. The number of unbranched alkanes of at least 4 members (excludes halogenated alkanes) is 1. The van der Waals surface area contributed by atoms with Gasteiger partial charge in [-0.15, -0.1) is 0 Å². The number of aliphatic imine (C=N–C) groups is 1. The lowest BCUT2D eigenvalue weighted by molar-refractivity contribution is -0.132.